The number of carbonyl (C=O) groups is 1. The number of fused-ring (bicyclic) bond motifs is 3. The predicted molar refractivity (Wildman–Crippen MR) is 116 cm³/mol. The summed E-state index contributed by atoms with van der Waals surface area (Å²) in [6.45, 7) is 2.95. The maximum atomic E-state index is 13.1. The number of methoxy groups -OCH3 is 1. The third kappa shape index (κ3) is 3.42. The molecule has 0 radical (unpaired) electrons. The largest absolute Gasteiger partial charge is 0.475 e. The molecule has 31 heavy (non-hydrogen) atoms. The van der Waals surface area contributed by atoms with Crippen LogP contribution in [0.4, 0.5) is 10.5 Å². The summed E-state index contributed by atoms with van der Waals surface area (Å²) in [7, 11) is -1.82. The molecule has 10 heteroatoms. The van der Waals surface area contributed by atoms with Gasteiger partial charge in [0.05, 0.1) is 18.8 Å². The zero-order valence-corrected chi connectivity index (χ0v) is 18.5. The minimum Gasteiger partial charge on any atom is -0.475 e. The van der Waals surface area contributed by atoms with E-state index >= 15 is 0 Å². The van der Waals surface area contributed by atoms with Crippen molar-refractivity contribution in [2.75, 3.05) is 25.6 Å². The molecule has 3 aliphatic rings. The monoisotopic (exact) mass is 445 g/mol. The molecule has 166 valence electrons. The number of carbonyl (C=O) groups excluding carboxylic acids is 1. The van der Waals surface area contributed by atoms with Gasteiger partial charge in [0.1, 0.15) is 11.5 Å². The van der Waals surface area contributed by atoms with Gasteiger partial charge in [0.15, 0.2) is 9.92 Å². The topological polar surface area (TPSA) is 121 Å². The molecule has 2 aromatic rings. The molecule has 0 spiro atoms. The van der Waals surface area contributed by atoms with Crippen molar-refractivity contribution in [1.82, 2.24) is 9.78 Å². The van der Waals surface area contributed by atoms with E-state index in [0.717, 1.165) is 48.9 Å². The summed E-state index contributed by atoms with van der Waals surface area (Å²) in [5.41, 5.74) is 5.61. The van der Waals surface area contributed by atoms with Gasteiger partial charge in [0, 0.05) is 18.7 Å². The maximum absolute atomic E-state index is 13.1. The average molecular weight is 446 g/mol. The highest BCUT2D eigenvalue weighted by molar-refractivity contribution is 7.91. The smallest absolute Gasteiger partial charge is 0.354 e. The molecule has 5 rings (SSSR count). The summed E-state index contributed by atoms with van der Waals surface area (Å²) >= 11 is 0. The van der Waals surface area contributed by atoms with Crippen molar-refractivity contribution < 1.29 is 18.5 Å². The molecule has 0 fully saturated rings. The Hall–Kier alpha value is -2.43. The number of nitrogens with zero attached hydrogens (tertiary/aromatic N) is 3. The molecule has 2 aliphatic carbocycles. The molecule has 1 aromatic carbocycles. The second kappa shape index (κ2) is 7.61. The molecule has 0 bridgehead atoms. The lowest BCUT2D eigenvalue weighted by atomic mass is 9.94. The van der Waals surface area contributed by atoms with Crippen LogP contribution in [0.15, 0.2) is 21.5 Å². The molecule has 3 N–H and O–H groups in total. The van der Waals surface area contributed by atoms with Crippen LogP contribution in [0.5, 0.6) is 5.88 Å². The van der Waals surface area contributed by atoms with Crippen molar-refractivity contribution >= 4 is 21.6 Å². The number of hydrogen-bond acceptors (Lipinski definition) is 5. The number of aromatic nitrogens is 2. The van der Waals surface area contributed by atoms with Crippen LogP contribution in [0.2, 0.25) is 0 Å². The van der Waals surface area contributed by atoms with Crippen LogP contribution in [0.3, 0.4) is 0 Å². The van der Waals surface area contributed by atoms with Crippen LogP contribution in [-0.4, -0.2) is 40.3 Å². The Labute approximate surface area is 181 Å². The van der Waals surface area contributed by atoms with E-state index in [1.165, 1.54) is 17.3 Å². The van der Waals surface area contributed by atoms with Gasteiger partial charge in [0.25, 0.3) is 0 Å². The van der Waals surface area contributed by atoms with Gasteiger partial charge >= 0.3 is 6.03 Å². The lowest BCUT2D eigenvalue weighted by Crippen LogP contribution is -2.19. The van der Waals surface area contributed by atoms with E-state index in [4.69, 9.17) is 14.6 Å². The number of amides is 2. The summed E-state index contributed by atoms with van der Waals surface area (Å²) in [4.78, 5) is 13.1. The van der Waals surface area contributed by atoms with Crippen molar-refractivity contribution in [1.29, 1.82) is 0 Å². The number of urea groups is 1. The second-order valence-corrected chi connectivity index (χ2v) is 10.3. The van der Waals surface area contributed by atoms with E-state index in [0.29, 0.717) is 19.1 Å². The number of hydrogen-bond donors (Lipinski definition) is 2. The summed E-state index contributed by atoms with van der Waals surface area (Å²) in [6.07, 6.45) is 6.28. The number of aryl methyl sites for hydroxylation is 2. The molecular weight excluding hydrogens is 418 g/mol. The maximum Gasteiger partial charge on any atom is 0.354 e. The first kappa shape index (κ1) is 20.5. The zero-order valence-electron chi connectivity index (χ0n) is 17.7. The van der Waals surface area contributed by atoms with Crippen molar-refractivity contribution in [2.24, 2.45) is 9.50 Å². The fraction of sp³-hybridized carbons (Fsp3) is 0.524. The van der Waals surface area contributed by atoms with Gasteiger partial charge in [-0.2, -0.15) is 5.10 Å². The van der Waals surface area contributed by atoms with Gasteiger partial charge in [-0.25, -0.2) is 18.8 Å². The predicted octanol–water partition coefficient (Wildman–Crippen LogP) is 2.93. The van der Waals surface area contributed by atoms with E-state index in [9.17, 15) is 9.00 Å². The Balaban J connectivity index is 1.50. The second-order valence-electron chi connectivity index (χ2n) is 8.52. The molecule has 1 aromatic heterocycles. The van der Waals surface area contributed by atoms with Crippen LogP contribution >= 0.6 is 0 Å². The highest BCUT2D eigenvalue weighted by Gasteiger charge is 2.32. The van der Waals surface area contributed by atoms with Gasteiger partial charge in [-0.15, -0.1) is 4.36 Å². The van der Waals surface area contributed by atoms with E-state index < -0.39 is 15.9 Å². The van der Waals surface area contributed by atoms with Crippen LogP contribution in [-0.2, 0) is 33.9 Å². The van der Waals surface area contributed by atoms with Crippen LogP contribution in [0.1, 0.15) is 54.0 Å². The van der Waals surface area contributed by atoms with Crippen LogP contribution in [0.25, 0.3) is 0 Å². The molecular formula is C21H27N5O4S. The van der Waals surface area contributed by atoms with Crippen molar-refractivity contribution in [3.8, 4) is 5.88 Å². The number of rotatable bonds is 4. The Morgan fingerprint density at radius 2 is 2.26 bits per heavy atom. The Morgan fingerprint density at radius 3 is 3.06 bits per heavy atom. The van der Waals surface area contributed by atoms with E-state index in [-0.39, 0.29) is 16.9 Å². The number of ether oxygens (including phenoxy) is 2. The van der Waals surface area contributed by atoms with Crippen LogP contribution in [0, 0.1) is 0 Å². The zero-order chi connectivity index (χ0) is 21.8. The fourth-order valence-electron chi connectivity index (χ4n) is 5.04. The Morgan fingerprint density at radius 1 is 1.42 bits per heavy atom. The highest BCUT2D eigenvalue weighted by Crippen LogP contribution is 2.44. The van der Waals surface area contributed by atoms with Crippen molar-refractivity contribution in [2.45, 2.75) is 55.9 Å². The van der Waals surface area contributed by atoms with Gasteiger partial charge < -0.3 is 14.8 Å². The average Bonchev–Trinajstić information content (AvgIpc) is 3.47. The minimum atomic E-state index is -3.51. The number of nitrogens with one attached hydrogen (secondary N) is 1. The Bertz CT molecular complexity index is 1180. The lowest BCUT2D eigenvalue weighted by molar-refractivity contribution is 0.179. The fourth-order valence-corrected chi connectivity index (χ4v) is 6.03. The SMILES string of the molecule is COC[C@@H]1CCc2cc3c(c(NC(=O)N=S(N)(=O)c4cnn5c4OC[C@@H]5C)c21)CCC3. The van der Waals surface area contributed by atoms with E-state index in [1.54, 1.807) is 11.8 Å². The van der Waals surface area contributed by atoms with E-state index in [2.05, 4.69) is 20.8 Å². The van der Waals surface area contributed by atoms with Gasteiger partial charge in [-0.05, 0) is 61.3 Å². The van der Waals surface area contributed by atoms with Crippen molar-refractivity contribution in [3.05, 3.63) is 34.5 Å². The molecule has 0 saturated carbocycles. The van der Waals surface area contributed by atoms with Gasteiger partial charge in [0.2, 0.25) is 5.88 Å². The summed E-state index contributed by atoms with van der Waals surface area (Å²) in [6, 6.07) is 1.57. The van der Waals surface area contributed by atoms with E-state index in [1.807, 2.05) is 6.92 Å². The Kier molecular flexibility index (Phi) is 5.03. The standard InChI is InChI=1S/C21H27N5O4S/c1-12-10-30-20-17(9-23-26(12)20)31(22,28)25-21(27)24-19-16-5-3-4-13(16)8-14-6-7-15(11-29-2)18(14)19/h8-9,12,15H,3-7,10-11H2,1-2H3,(H3,22,24,25,27,28)/t12-,15-,31?/m0/s1. The molecule has 2 amide bonds. The first-order chi connectivity index (χ1) is 14.9. The number of anilines is 1. The number of nitrogens with two attached hydrogens (primary N) is 1. The molecule has 2 heterocycles. The quantitative estimate of drug-likeness (QED) is 0.749. The first-order valence-corrected chi connectivity index (χ1v) is 12.2. The molecule has 9 nitrogen and oxygen atoms in total. The molecule has 3 atom stereocenters. The normalized spacial score (nSPS) is 22.9. The van der Waals surface area contributed by atoms with Crippen molar-refractivity contribution in [3.63, 3.8) is 0 Å². The van der Waals surface area contributed by atoms with Gasteiger partial charge in [-0.1, -0.05) is 6.07 Å². The third-order valence-electron chi connectivity index (χ3n) is 6.43. The third-order valence-corrected chi connectivity index (χ3v) is 7.77. The summed E-state index contributed by atoms with van der Waals surface area (Å²) < 4.78 is 29.6. The minimum absolute atomic E-state index is 0.0139. The molecule has 1 aliphatic heterocycles. The molecule has 0 saturated heterocycles. The molecule has 1 unspecified atom stereocenters. The summed E-state index contributed by atoms with van der Waals surface area (Å²) in [5.74, 6) is 0.537. The van der Waals surface area contributed by atoms with Crippen LogP contribution < -0.4 is 15.2 Å². The lowest BCUT2D eigenvalue weighted by Gasteiger charge is -2.19. The highest BCUT2D eigenvalue weighted by atomic mass is 32.2. The number of benzene rings is 1. The summed E-state index contributed by atoms with van der Waals surface area (Å²) in [5, 5.41) is 13.1. The first-order valence-electron chi connectivity index (χ1n) is 10.6. The van der Waals surface area contributed by atoms with Gasteiger partial charge in [-0.3, -0.25) is 0 Å².